The van der Waals surface area contributed by atoms with E-state index in [-0.39, 0.29) is 71.3 Å². The Morgan fingerprint density at radius 1 is 0.846 bits per heavy atom. The maximum Gasteiger partial charge on any atom is 1.00 e. The molecule has 0 radical (unpaired) electrons. The van der Waals surface area contributed by atoms with Gasteiger partial charge >= 0.3 is 59.1 Å². The van der Waals surface area contributed by atoms with E-state index < -0.39 is 22.7 Å². The molecule has 0 aliphatic rings. The molecule has 146 valence electrons. The number of hydrogen-bond donors (Lipinski definition) is 2. The van der Waals surface area contributed by atoms with Gasteiger partial charge in [0, 0.05) is 6.42 Å². The van der Waals surface area contributed by atoms with Gasteiger partial charge in [0.1, 0.15) is 12.1 Å². The molecule has 0 amide bonds. The molecule has 2 N–H and O–H groups in total. The first-order valence-electron chi connectivity index (χ1n) is 7.79. The topological polar surface area (TPSA) is 155 Å². The molecule has 0 spiro atoms. The van der Waals surface area contributed by atoms with Gasteiger partial charge in [-0.3, -0.25) is 4.79 Å². The Kier molecular flexibility index (Phi) is 49.9. The molecule has 0 rings (SSSR count). The fourth-order valence-electron chi connectivity index (χ4n) is 1.83. The Hall–Kier alpha value is 1.48. The van der Waals surface area contributed by atoms with Crippen LogP contribution >= 0.6 is 0 Å². The van der Waals surface area contributed by atoms with E-state index in [0.717, 1.165) is 12.8 Å². The van der Waals surface area contributed by atoms with Crippen LogP contribution in [-0.4, -0.2) is 38.7 Å². The zero-order chi connectivity index (χ0) is 19.2. The average molecular weight is 434 g/mol. The van der Waals surface area contributed by atoms with Crippen molar-refractivity contribution in [2.75, 3.05) is 0 Å². The summed E-state index contributed by atoms with van der Waals surface area (Å²) in [5, 5.41) is 0. The van der Waals surface area contributed by atoms with Gasteiger partial charge in [-0.15, -0.1) is 0 Å². The Labute approximate surface area is 205 Å². The third kappa shape index (κ3) is 63.7. The summed E-state index contributed by atoms with van der Waals surface area (Å²) in [6.45, 7) is 2.23. The molecule has 0 aromatic carbocycles. The van der Waals surface area contributed by atoms with E-state index in [4.69, 9.17) is 26.6 Å². The van der Waals surface area contributed by atoms with Gasteiger partial charge in [0.05, 0.1) is 29.1 Å². The van der Waals surface area contributed by atoms with Gasteiger partial charge in [-0.05, 0) is 6.42 Å². The standard InChI is InChI=1S/C14H26O2.2Na.2H2O3S/c1-2-3-4-5-6-7-8-9-10-11-14(16)12-13-15;;;2*1-4(2)3/h13H,2-12H2,1H3;;;2*(H2,1,2,3)/q;2*+1;;/p-2. The first kappa shape index (κ1) is 38.1. The molecule has 0 aromatic rings. The molecule has 0 saturated heterocycles. The number of carbonyl (C=O) groups is 2. The summed E-state index contributed by atoms with van der Waals surface area (Å²) in [5.41, 5.74) is 0. The van der Waals surface area contributed by atoms with Crippen LogP contribution < -0.4 is 59.1 Å². The maximum absolute atomic E-state index is 11.0. The van der Waals surface area contributed by atoms with Crippen LogP contribution in [0, 0.1) is 0 Å². The smallest absolute Gasteiger partial charge is 0.750 e. The van der Waals surface area contributed by atoms with Crippen molar-refractivity contribution in [3.8, 4) is 0 Å². The van der Waals surface area contributed by atoms with Gasteiger partial charge in [-0.1, -0.05) is 58.3 Å². The molecule has 0 aliphatic heterocycles. The quantitative estimate of drug-likeness (QED) is 0.107. The zero-order valence-corrected chi connectivity index (χ0v) is 21.6. The average Bonchev–Trinajstić information content (AvgIpc) is 2.44. The molecule has 0 saturated carbocycles. The number of ketones is 1. The van der Waals surface area contributed by atoms with E-state index in [1.807, 2.05) is 0 Å². The summed E-state index contributed by atoms with van der Waals surface area (Å²) in [6.07, 6.45) is 12.8. The van der Waals surface area contributed by atoms with Gasteiger partial charge < -0.3 is 23.0 Å². The van der Waals surface area contributed by atoms with Gasteiger partial charge in [0.25, 0.3) is 0 Å². The fraction of sp³-hybridized carbons (Fsp3) is 0.857. The molecule has 0 bridgehead atoms. The van der Waals surface area contributed by atoms with E-state index in [1.165, 1.54) is 44.9 Å². The third-order valence-electron chi connectivity index (χ3n) is 2.87. The monoisotopic (exact) mass is 434 g/mol. The van der Waals surface area contributed by atoms with E-state index >= 15 is 0 Å². The van der Waals surface area contributed by atoms with E-state index in [0.29, 0.717) is 12.7 Å². The van der Waals surface area contributed by atoms with Crippen LogP contribution in [0.2, 0.25) is 0 Å². The predicted molar refractivity (Wildman–Crippen MR) is 90.6 cm³/mol. The van der Waals surface area contributed by atoms with Crippen molar-refractivity contribution in [3.63, 3.8) is 0 Å². The van der Waals surface area contributed by atoms with Crippen molar-refractivity contribution in [2.45, 2.75) is 77.6 Å². The molecule has 0 heterocycles. The third-order valence-corrected chi connectivity index (χ3v) is 2.87. The summed E-state index contributed by atoms with van der Waals surface area (Å²) in [4.78, 5) is 21.1. The van der Waals surface area contributed by atoms with Gasteiger partial charge in [-0.25, -0.2) is 8.42 Å². The Morgan fingerprint density at radius 3 is 1.46 bits per heavy atom. The fourth-order valence-corrected chi connectivity index (χ4v) is 1.83. The summed E-state index contributed by atoms with van der Waals surface area (Å²) in [5.74, 6) is 0.0953. The molecule has 0 fully saturated rings. The number of rotatable bonds is 12. The van der Waals surface area contributed by atoms with Crippen LogP contribution in [0.1, 0.15) is 77.6 Å². The second-order valence-electron chi connectivity index (χ2n) is 4.92. The summed E-state index contributed by atoms with van der Waals surface area (Å²) >= 11 is -5.72. The van der Waals surface area contributed by atoms with E-state index in [1.54, 1.807) is 0 Å². The van der Waals surface area contributed by atoms with Gasteiger partial charge in [0.15, 0.2) is 0 Å². The number of carbonyl (C=O) groups excluding carboxylic acids is 2. The summed E-state index contributed by atoms with van der Waals surface area (Å²) < 4.78 is 48.2. The first-order valence-corrected chi connectivity index (χ1v) is 9.86. The van der Waals surface area contributed by atoms with E-state index in [2.05, 4.69) is 6.92 Å². The van der Waals surface area contributed by atoms with Crippen LogP contribution in [-0.2, 0) is 32.3 Å². The minimum Gasteiger partial charge on any atom is -0.750 e. The van der Waals surface area contributed by atoms with Crippen LogP contribution in [0.4, 0.5) is 0 Å². The second-order valence-corrected chi connectivity index (χ2v) is 5.79. The molecular weight excluding hydrogens is 406 g/mol. The number of hydrogen-bond acceptors (Lipinski definition) is 6. The molecule has 26 heavy (non-hydrogen) atoms. The van der Waals surface area contributed by atoms with Gasteiger partial charge in [0.2, 0.25) is 0 Å². The van der Waals surface area contributed by atoms with E-state index in [9.17, 15) is 9.59 Å². The minimum atomic E-state index is -2.86. The van der Waals surface area contributed by atoms with Crippen molar-refractivity contribution >= 4 is 34.8 Å². The predicted octanol–water partition coefficient (Wildman–Crippen LogP) is -3.25. The normalized spacial score (nSPS) is 11.1. The maximum atomic E-state index is 11.0. The first-order chi connectivity index (χ1) is 11.3. The van der Waals surface area contributed by atoms with Crippen molar-refractivity contribution in [1.29, 1.82) is 0 Å². The summed E-state index contributed by atoms with van der Waals surface area (Å²) in [7, 11) is 0. The summed E-state index contributed by atoms with van der Waals surface area (Å²) in [6, 6.07) is 0. The SMILES string of the molecule is CCCCCCCCCCCC(=O)CC=O.O=S([O-])O.O=S([O-])O.[Na+].[Na+]. The van der Waals surface area contributed by atoms with Crippen LogP contribution in [0.3, 0.4) is 0 Å². The Balaban J connectivity index is -0.000000124. The Morgan fingerprint density at radius 2 is 1.15 bits per heavy atom. The molecular formula is C14H28Na2O8S2. The second kappa shape index (κ2) is 34.0. The van der Waals surface area contributed by atoms with Crippen molar-refractivity contribution in [1.82, 2.24) is 0 Å². The molecule has 2 unspecified atom stereocenters. The number of unbranched alkanes of at least 4 members (excludes halogenated alkanes) is 8. The van der Waals surface area contributed by atoms with Crippen LogP contribution in [0.5, 0.6) is 0 Å². The minimum absolute atomic E-state index is 0. The number of aldehydes is 1. The van der Waals surface area contributed by atoms with Crippen LogP contribution in [0.15, 0.2) is 0 Å². The van der Waals surface area contributed by atoms with Crippen LogP contribution in [0.25, 0.3) is 0 Å². The Bertz CT molecular complexity index is 327. The molecule has 8 nitrogen and oxygen atoms in total. The molecule has 0 aliphatic carbocycles. The molecule has 2 atom stereocenters. The van der Waals surface area contributed by atoms with Crippen molar-refractivity contribution in [2.24, 2.45) is 0 Å². The number of Topliss-reactive ketones (excluding diaryl/α,β-unsaturated/α-hetero) is 1. The van der Waals surface area contributed by atoms with Gasteiger partial charge in [-0.2, -0.15) is 0 Å². The van der Waals surface area contributed by atoms with Crippen molar-refractivity contribution in [3.05, 3.63) is 0 Å². The molecule has 0 aromatic heterocycles. The van der Waals surface area contributed by atoms with Crippen molar-refractivity contribution < 1.29 is 95.3 Å². The molecule has 12 heteroatoms. The largest absolute Gasteiger partial charge is 1.00 e. The zero-order valence-electron chi connectivity index (χ0n) is 16.0.